The van der Waals surface area contributed by atoms with E-state index in [1.165, 1.54) is 6.20 Å². The van der Waals surface area contributed by atoms with Gasteiger partial charge in [-0.2, -0.15) is 4.39 Å². The fraction of sp³-hybridized carbons (Fsp3) is 0.667. The van der Waals surface area contributed by atoms with E-state index in [1.807, 2.05) is 20.8 Å². The monoisotopic (exact) mass is 569 g/mol. The summed E-state index contributed by atoms with van der Waals surface area (Å²) < 4.78 is 48.3. The van der Waals surface area contributed by atoms with Gasteiger partial charge in [0.2, 0.25) is 5.95 Å². The van der Waals surface area contributed by atoms with Crippen molar-refractivity contribution in [2.75, 3.05) is 0 Å². The Labute approximate surface area is 230 Å². The Morgan fingerprint density at radius 1 is 1.16 bits per heavy atom. The van der Waals surface area contributed by atoms with E-state index in [2.05, 4.69) is 48.7 Å². The topological polar surface area (TPSA) is 104 Å². The highest BCUT2D eigenvalue weighted by atomic mass is 32.2. The highest BCUT2D eigenvalue weighted by Gasteiger charge is 2.38. The van der Waals surface area contributed by atoms with Crippen LogP contribution in [0.3, 0.4) is 0 Å². The van der Waals surface area contributed by atoms with Crippen LogP contribution in [0.25, 0.3) is 11.1 Å². The smallest absolute Gasteiger partial charge is 0.308 e. The molecule has 2 atom stereocenters. The van der Waals surface area contributed by atoms with Gasteiger partial charge in [-0.25, -0.2) is 13.9 Å². The minimum atomic E-state index is -2.20. The quantitative estimate of drug-likeness (QED) is 0.208. The van der Waals surface area contributed by atoms with Crippen LogP contribution in [0.5, 0.6) is 0 Å². The van der Waals surface area contributed by atoms with Crippen LogP contribution >= 0.6 is 0 Å². The molecule has 0 radical (unpaired) electrons. The lowest BCUT2D eigenvalue weighted by Crippen LogP contribution is -2.40. The van der Waals surface area contributed by atoms with Gasteiger partial charge < -0.3 is 13.7 Å². The number of halogens is 1. The molecule has 0 aliphatic carbocycles. The second-order valence-corrected chi connectivity index (χ2v) is 19.8. The molecule has 8 nitrogen and oxygen atoms in total. The molecule has 0 aromatic carbocycles. The summed E-state index contributed by atoms with van der Waals surface area (Å²) in [6.07, 6.45) is 1.21. The van der Waals surface area contributed by atoms with Gasteiger partial charge >= 0.3 is 5.97 Å². The third-order valence-electron chi connectivity index (χ3n) is 6.46. The molecule has 38 heavy (non-hydrogen) atoms. The summed E-state index contributed by atoms with van der Waals surface area (Å²) in [7, 11) is -3.75. The summed E-state index contributed by atoms with van der Waals surface area (Å²) in [6.45, 7) is 23.1. The van der Waals surface area contributed by atoms with E-state index in [-0.39, 0.29) is 29.4 Å². The number of hydrogen-bond acceptors (Lipinski definition) is 7. The third-order valence-corrected chi connectivity index (χ3v) is 12.5. The number of carbonyl (C=O) groups is 1. The van der Waals surface area contributed by atoms with Crippen molar-refractivity contribution in [3.8, 4) is 11.1 Å². The first-order valence-electron chi connectivity index (χ1n) is 12.8. The largest absolute Gasteiger partial charge is 0.460 e. The lowest BCUT2D eigenvalue weighted by atomic mass is 9.96. The van der Waals surface area contributed by atoms with Crippen molar-refractivity contribution in [1.82, 2.24) is 14.9 Å². The van der Waals surface area contributed by atoms with Gasteiger partial charge in [0.05, 0.1) is 40.5 Å². The van der Waals surface area contributed by atoms with Crippen molar-refractivity contribution < 1.29 is 27.1 Å². The predicted octanol–water partition coefficient (Wildman–Crippen LogP) is 6.53. The van der Waals surface area contributed by atoms with Crippen LogP contribution in [0.15, 0.2) is 16.8 Å². The molecule has 0 saturated carbocycles. The fourth-order valence-electron chi connectivity index (χ4n) is 3.30. The SMILES string of the molecule is Cc1noc([C@H](CC(=O)OC(C)(C)C)N[S@@](=O)C(C)(C)C)c1-c1ccnc(F)c1CO[Si](C)(C)C(C)(C)C. The number of aryl methyl sites for hydroxylation is 1. The molecular weight excluding hydrogens is 525 g/mol. The maximum Gasteiger partial charge on any atom is 0.308 e. The number of carbonyl (C=O) groups excluding carboxylic acids is 1. The standard InChI is InChI=1S/C27H44FN3O5SSi/c1-17-22(18-13-14-29-24(28)19(18)16-34-38(11,12)27(8,9)10)23(36-30-17)20(31-37(33)26(5,6)7)15-21(32)35-25(2,3)4/h13-14,20,31H,15-16H2,1-12H3/t20-,37-/m0/s1. The van der Waals surface area contributed by atoms with Crippen LogP contribution in [-0.2, 0) is 31.5 Å². The molecule has 0 aliphatic heterocycles. The first-order chi connectivity index (χ1) is 17.1. The fourth-order valence-corrected chi connectivity index (χ4v) is 5.04. The lowest BCUT2D eigenvalue weighted by Gasteiger charge is -2.36. The maximum absolute atomic E-state index is 15.2. The average Bonchev–Trinajstić information content (AvgIpc) is 3.10. The highest BCUT2D eigenvalue weighted by molar-refractivity contribution is 7.84. The molecule has 1 N–H and O–H groups in total. The molecule has 2 rings (SSSR count). The van der Waals surface area contributed by atoms with Crippen molar-refractivity contribution in [3.63, 3.8) is 0 Å². The normalized spacial score (nSPS) is 14.9. The van der Waals surface area contributed by atoms with Crippen LogP contribution in [0.2, 0.25) is 18.1 Å². The van der Waals surface area contributed by atoms with E-state index in [0.29, 0.717) is 16.8 Å². The second-order valence-electron chi connectivity index (χ2n) is 13.0. The van der Waals surface area contributed by atoms with Crippen LogP contribution in [0.4, 0.5) is 4.39 Å². The Bertz CT molecular complexity index is 1160. The zero-order valence-corrected chi connectivity index (χ0v) is 26.7. The van der Waals surface area contributed by atoms with E-state index in [1.54, 1.807) is 33.8 Å². The second kappa shape index (κ2) is 11.7. The summed E-state index contributed by atoms with van der Waals surface area (Å²) in [5.74, 6) is -0.879. The number of nitrogens with one attached hydrogen (secondary N) is 1. The Hall–Kier alpha value is -1.95. The van der Waals surface area contributed by atoms with Gasteiger partial charge in [-0.1, -0.05) is 25.9 Å². The van der Waals surface area contributed by atoms with Gasteiger partial charge in [-0.3, -0.25) is 4.79 Å². The predicted molar refractivity (Wildman–Crippen MR) is 151 cm³/mol. The van der Waals surface area contributed by atoms with E-state index >= 15 is 4.39 Å². The summed E-state index contributed by atoms with van der Waals surface area (Å²) in [5.41, 5.74) is 1.08. The zero-order valence-electron chi connectivity index (χ0n) is 24.9. The number of nitrogens with zero attached hydrogens (tertiary/aromatic N) is 2. The lowest BCUT2D eigenvalue weighted by molar-refractivity contribution is -0.155. The Balaban J connectivity index is 2.60. The van der Waals surface area contributed by atoms with Crippen LogP contribution in [-0.4, -0.2) is 39.0 Å². The molecule has 0 spiro atoms. The minimum absolute atomic E-state index is 0.0215. The minimum Gasteiger partial charge on any atom is -0.460 e. The third kappa shape index (κ3) is 8.27. The number of pyridine rings is 1. The maximum atomic E-state index is 15.2. The number of ether oxygens (including phenoxy) is 1. The number of esters is 1. The summed E-state index contributed by atoms with van der Waals surface area (Å²) in [4.78, 5) is 16.7. The van der Waals surface area contributed by atoms with E-state index in [9.17, 15) is 9.00 Å². The van der Waals surface area contributed by atoms with E-state index in [4.69, 9.17) is 13.7 Å². The molecule has 11 heteroatoms. The van der Waals surface area contributed by atoms with Crippen molar-refractivity contribution in [2.24, 2.45) is 0 Å². The molecule has 2 heterocycles. The molecule has 2 aromatic heterocycles. The van der Waals surface area contributed by atoms with Crippen LogP contribution in [0, 0.1) is 12.9 Å². The van der Waals surface area contributed by atoms with Gasteiger partial charge in [0.25, 0.3) is 0 Å². The van der Waals surface area contributed by atoms with E-state index in [0.717, 1.165) is 0 Å². The van der Waals surface area contributed by atoms with Gasteiger partial charge in [0.1, 0.15) is 5.60 Å². The molecule has 0 unspecified atom stereocenters. The molecule has 0 fully saturated rings. The Kier molecular flexibility index (Phi) is 9.89. The average molecular weight is 570 g/mol. The Morgan fingerprint density at radius 3 is 2.29 bits per heavy atom. The molecule has 0 amide bonds. The Morgan fingerprint density at radius 2 is 1.76 bits per heavy atom. The number of hydrogen-bond donors (Lipinski definition) is 1. The van der Waals surface area contributed by atoms with Gasteiger partial charge in [0.15, 0.2) is 14.1 Å². The summed E-state index contributed by atoms with van der Waals surface area (Å²) in [6, 6.07) is 0.841. The van der Waals surface area contributed by atoms with Gasteiger partial charge in [0, 0.05) is 17.3 Å². The zero-order chi connectivity index (χ0) is 29.3. The van der Waals surface area contributed by atoms with Gasteiger partial charge in [-0.05, 0) is 78.2 Å². The van der Waals surface area contributed by atoms with Gasteiger partial charge in [-0.15, -0.1) is 0 Å². The van der Waals surface area contributed by atoms with E-state index < -0.39 is 47.6 Å². The molecular formula is C27H44FN3O5SSi. The first kappa shape index (κ1) is 32.3. The molecule has 214 valence electrons. The number of aromatic nitrogens is 2. The van der Waals surface area contributed by atoms with Crippen molar-refractivity contribution in [3.05, 3.63) is 35.2 Å². The first-order valence-corrected chi connectivity index (χ1v) is 16.8. The van der Waals surface area contributed by atoms with Crippen molar-refractivity contribution in [2.45, 2.75) is 117 Å². The molecule has 0 saturated heterocycles. The van der Waals surface area contributed by atoms with Crippen molar-refractivity contribution in [1.29, 1.82) is 0 Å². The van der Waals surface area contributed by atoms with Crippen LogP contribution in [0.1, 0.15) is 91.8 Å². The molecule has 0 bridgehead atoms. The molecule has 0 aliphatic rings. The number of rotatable bonds is 9. The van der Waals surface area contributed by atoms with Crippen LogP contribution < -0.4 is 4.72 Å². The van der Waals surface area contributed by atoms with Crippen molar-refractivity contribution >= 4 is 25.3 Å². The highest BCUT2D eigenvalue weighted by Crippen LogP contribution is 2.40. The summed E-state index contributed by atoms with van der Waals surface area (Å²) in [5, 5.41) is 4.08. The summed E-state index contributed by atoms with van der Waals surface area (Å²) >= 11 is 0. The molecule has 2 aromatic rings.